The van der Waals surface area contributed by atoms with Gasteiger partial charge >= 0.3 is 6.18 Å². The number of alkyl halides is 3. The molecule has 0 spiro atoms. The molecule has 32 heavy (non-hydrogen) atoms. The van der Waals surface area contributed by atoms with E-state index in [0.717, 1.165) is 29.8 Å². The van der Waals surface area contributed by atoms with Gasteiger partial charge in [-0.05, 0) is 85.4 Å². The van der Waals surface area contributed by atoms with Crippen molar-refractivity contribution in [2.45, 2.75) is 19.1 Å². The molecular formula is C23H19F4N3OS. The molecule has 166 valence electrons. The summed E-state index contributed by atoms with van der Waals surface area (Å²) < 4.78 is 50.9. The van der Waals surface area contributed by atoms with Gasteiger partial charge in [0.2, 0.25) is 0 Å². The highest BCUT2D eigenvalue weighted by Crippen LogP contribution is 2.29. The summed E-state index contributed by atoms with van der Waals surface area (Å²) in [5, 5.41) is 9.10. The first-order chi connectivity index (χ1) is 15.1. The second kappa shape index (κ2) is 9.78. The van der Waals surface area contributed by atoms with Crippen LogP contribution in [0.5, 0.6) is 0 Å². The maximum Gasteiger partial charge on any atom is 0.416 e. The number of thiocarbonyl (C=S) groups is 1. The fraction of sp³-hybridized carbons (Fsp3) is 0.130. The van der Waals surface area contributed by atoms with Gasteiger partial charge in [0, 0.05) is 16.9 Å². The largest absolute Gasteiger partial charge is 0.416 e. The summed E-state index contributed by atoms with van der Waals surface area (Å²) in [6, 6.07) is 16.6. The van der Waals surface area contributed by atoms with Crippen LogP contribution in [0.4, 0.5) is 28.9 Å². The van der Waals surface area contributed by atoms with E-state index in [1.165, 1.54) is 12.1 Å². The Morgan fingerprint density at radius 1 is 0.844 bits per heavy atom. The Kier molecular flexibility index (Phi) is 7.09. The molecule has 3 aromatic carbocycles. The molecule has 0 bridgehead atoms. The van der Waals surface area contributed by atoms with E-state index in [2.05, 4.69) is 16.0 Å². The molecule has 4 nitrogen and oxygen atoms in total. The highest BCUT2D eigenvalue weighted by atomic mass is 32.1. The third-order valence-electron chi connectivity index (χ3n) is 4.59. The van der Waals surface area contributed by atoms with E-state index < -0.39 is 17.6 Å². The molecule has 3 aromatic rings. The van der Waals surface area contributed by atoms with Gasteiger partial charge in [-0.3, -0.25) is 4.79 Å². The van der Waals surface area contributed by atoms with Crippen molar-refractivity contribution in [1.29, 1.82) is 0 Å². The number of rotatable bonds is 5. The summed E-state index contributed by atoms with van der Waals surface area (Å²) in [5.74, 6) is -0.836. The van der Waals surface area contributed by atoms with Crippen LogP contribution in [0.1, 0.15) is 34.5 Å². The highest BCUT2D eigenvalue weighted by molar-refractivity contribution is 7.80. The quantitative estimate of drug-likeness (QED) is 0.315. The lowest BCUT2D eigenvalue weighted by Crippen LogP contribution is -2.30. The zero-order valence-electron chi connectivity index (χ0n) is 16.8. The van der Waals surface area contributed by atoms with Gasteiger partial charge in [-0.2, -0.15) is 13.2 Å². The second-order valence-corrected chi connectivity index (χ2v) is 7.39. The smallest absolute Gasteiger partial charge is 0.356 e. The molecule has 3 rings (SSSR count). The van der Waals surface area contributed by atoms with Crippen LogP contribution in [0.3, 0.4) is 0 Å². The molecule has 0 fully saturated rings. The number of carbonyl (C=O) groups excluding carboxylic acids is 1. The van der Waals surface area contributed by atoms with Gasteiger partial charge < -0.3 is 16.0 Å². The minimum Gasteiger partial charge on any atom is -0.356 e. The number of halogens is 4. The van der Waals surface area contributed by atoms with Gasteiger partial charge in [0.1, 0.15) is 5.82 Å². The molecule has 0 heterocycles. The van der Waals surface area contributed by atoms with Crippen LogP contribution in [0.2, 0.25) is 0 Å². The lowest BCUT2D eigenvalue weighted by atomic mass is 10.1. The van der Waals surface area contributed by atoms with Crippen molar-refractivity contribution in [3.8, 4) is 0 Å². The Balaban J connectivity index is 1.54. The van der Waals surface area contributed by atoms with Crippen molar-refractivity contribution < 1.29 is 22.4 Å². The van der Waals surface area contributed by atoms with E-state index in [-0.39, 0.29) is 17.4 Å². The van der Waals surface area contributed by atoms with Crippen molar-refractivity contribution in [3.63, 3.8) is 0 Å². The molecule has 9 heteroatoms. The number of carbonyl (C=O) groups is 1. The van der Waals surface area contributed by atoms with E-state index >= 15 is 0 Å². The van der Waals surface area contributed by atoms with Gasteiger partial charge in [0.25, 0.3) is 5.91 Å². The van der Waals surface area contributed by atoms with Gasteiger partial charge in [-0.15, -0.1) is 0 Å². The molecule has 0 aliphatic heterocycles. The molecule has 0 aromatic heterocycles. The van der Waals surface area contributed by atoms with Crippen molar-refractivity contribution in [3.05, 3.63) is 95.3 Å². The van der Waals surface area contributed by atoms with Crippen LogP contribution >= 0.6 is 12.2 Å². The standard InChI is InChI=1S/C23H19F4N3OS/c1-14(15-4-8-18(24)9-5-15)28-22(32)30-20-12-10-19(11-13-20)29-21(31)16-2-6-17(7-3-16)23(25,26)27/h2-14H,1H3,(H,29,31)(H2,28,30,32). The molecule has 1 atom stereocenters. The molecule has 0 aliphatic rings. The molecule has 3 N–H and O–H groups in total. The molecule has 0 saturated heterocycles. The van der Waals surface area contributed by atoms with E-state index in [1.807, 2.05) is 6.92 Å². The van der Waals surface area contributed by atoms with Crippen LogP contribution in [-0.2, 0) is 6.18 Å². The number of hydrogen-bond acceptors (Lipinski definition) is 2. The maximum atomic E-state index is 13.0. The number of benzene rings is 3. The van der Waals surface area contributed by atoms with E-state index in [1.54, 1.807) is 36.4 Å². The number of hydrogen-bond donors (Lipinski definition) is 3. The Morgan fingerprint density at radius 2 is 1.38 bits per heavy atom. The zero-order chi connectivity index (χ0) is 23.3. The number of amides is 1. The fourth-order valence-electron chi connectivity index (χ4n) is 2.85. The molecule has 1 unspecified atom stereocenters. The van der Waals surface area contributed by atoms with Gasteiger partial charge in [-0.25, -0.2) is 4.39 Å². The van der Waals surface area contributed by atoms with Crippen molar-refractivity contribution in [1.82, 2.24) is 5.32 Å². The third kappa shape index (κ3) is 6.27. The Bertz CT molecular complexity index is 1080. The van der Waals surface area contributed by atoms with E-state index in [0.29, 0.717) is 16.5 Å². The zero-order valence-corrected chi connectivity index (χ0v) is 17.7. The predicted molar refractivity (Wildman–Crippen MR) is 120 cm³/mol. The van der Waals surface area contributed by atoms with Crippen LogP contribution in [-0.4, -0.2) is 11.0 Å². The first-order valence-electron chi connectivity index (χ1n) is 9.53. The SMILES string of the molecule is CC(NC(=S)Nc1ccc(NC(=O)c2ccc(C(F)(F)F)cc2)cc1)c1ccc(F)cc1. The topological polar surface area (TPSA) is 53.2 Å². The van der Waals surface area contributed by atoms with Crippen LogP contribution in [0, 0.1) is 5.82 Å². The van der Waals surface area contributed by atoms with E-state index in [9.17, 15) is 22.4 Å². The van der Waals surface area contributed by atoms with Gasteiger partial charge in [0.05, 0.1) is 11.6 Å². The summed E-state index contributed by atoms with van der Waals surface area (Å²) in [6.07, 6.45) is -4.45. The summed E-state index contributed by atoms with van der Waals surface area (Å²) in [6.45, 7) is 1.89. The summed E-state index contributed by atoms with van der Waals surface area (Å²) in [5.41, 5.74) is 1.31. The Morgan fingerprint density at radius 3 is 1.91 bits per heavy atom. The van der Waals surface area contributed by atoms with Crippen molar-refractivity contribution >= 4 is 34.6 Å². The normalized spacial score (nSPS) is 12.0. The van der Waals surface area contributed by atoms with Gasteiger partial charge in [0.15, 0.2) is 5.11 Å². The lowest BCUT2D eigenvalue weighted by Gasteiger charge is -2.17. The summed E-state index contributed by atoms with van der Waals surface area (Å²) in [7, 11) is 0. The Hall–Kier alpha value is -3.46. The van der Waals surface area contributed by atoms with Crippen molar-refractivity contribution in [2.75, 3.05) is 10.6 Å². The molecule has 0 radical (unpaired) electrons. The summed E-state index contributed by atoms with van der Waals surface area (Å²) in [4.78, 5) is 12.3. The predicted octanol–water partition coefficient (Wildman–Crippen LogP) is 6.14. The minimum atomic E-state index is -4.45. The number of nitrogens with one attached hydrogen (secondary N) is 3. The van der Waals surface area contributed by atoms with Crippen LogP contribution in [0.25, 0.3) is 0 Å². The average molecular weight is 461 g/mol. The minimum absolute atomic E-state index is 0.111. The molecule has 1 amide bonds. The first-order valence-corrected chi connectivity index (χ1v) is 9.94. The Labute approximate surface area is 187 Å². The second-order valence-electron chi connectivity index (χ2n) is 6.98. The summed E-state index contributed by atoms with van der Waals surface area (Å²) >= 11 is 5.30. The van der Waals surface area contributed by atoms with Crippen LogP contribution in [0.15, 0.2) is 72.8 Å². The van der Waals surface area contributed by atoms with E-state index in [4.69, 9.17) is 12.2 Å². The maximum absolute atomic E-state index is 13.0. The fourth-order valence-corrected chi connectivity index (χ4v) is 3.14. The lowest BCUT2D eigenvalue weighted by molar-refractivity contribution is -0.137. The van der Waals surface area contributed by atoms with Crippen LogP contribution < -0.4 is 16.0 Å². The first kappa shape index (κ1) is 23.2. The third-order valence-corrected chi connectivity index (χ3v) is 4.81. The molecule has 0 aliphatic carbocycles. The number of anilines is 2. The average Bonchev–Trinajstić information content (AvgIpc) is 2.75. The monoisotopic (exact) mass is 461 g/mol. The molecular weight excluding hydrogens is 442 g/mol. The van der Waals surface area contributed by atoms with Gasteiger partial charge in [-0.1, -0.05) is 12.1 Å². The van der Waals surface area contributed by atoms with Crippen molar-refractivity contribution in [2.24, 2.45) is 0 Å². The molecule has 0 saturated carbocycles. The highest BCUT2D eigenvalue weighted by Gasteiger charge is 2.30.